The Labute approximate surface area is 162 Å². The molecule has 146 valence electrons. The van der Waals surface area contributed by atoms with Gasteiger partial charge in [0.05, 0.1) is 12.1 Å². The third-order valence-corrected chi connectivity index (χ3v) is 4.08. The molecular weight excluding hydrogens is 364 g/mol. The second-order valence-corrected chi connectivity index (χ2v) is 6.31. The molecule has 0 atom stereocenters. The highest BCUT2D eigenvalue weighted by atomic mass is 16.7. The molecule has 1 aliphatic heterocycles. The number of carbonyl (C=O) groups is 3. The number of anilines is 1. The first kappa shape index (κ1) is 19.2. The smallest absolute Gasteiger partial charge is 0.338 e. The molecule has 8 heteroatoms. The lowest BCUT2D eigenvalue weighted by molar-refractivity contribution is -0.136. The van der Waals surface area contributed by atoms with Crippen LogP contribution in [0.4, 0.5) is 5.69 Å². The largest absolute Gasteiger partial charge is 0.454 e. The zero-order valence-electron chi connectivity index (χ0n) is 15.6. The lowest BCUT2D eigenvalue weighted by Crippen LogP contribution is -2.37. The summed E-state index contributed by atoms with van der Waals surface area (Å²) in [5, 5.41) is 2.70. The highest BCUT2D eigenvalue weighted by molar-refractivity contribution is 5.95. The Hall–Kier alpha value is -3.55. The van der Waals surface area contributed by atoms with Gasteiger partial charge in [-0.1, -0.05) is 17.7 Å². The number of amides is 2. The van der Waals surface area contributed by atoms with E-state index in [0.29, 0.717) is 17.2 Å². The molecule has 1 aliphatic rings. The van der Waals surface area contributed by atoms with Gasteiger partial charge in [0.25, 0.3) is 5.91 Å². The van der Waals surface area contributed by atoms with Crippen LogP contribution in [-0.4, -0.2) is 49.7 Å². The van der Waals surface area contributed by atoms with Crippen LogP contribution >= 0.6 is 0 Å². The SMILES string of the molecule is Cc1ccc(NC(=O)CN(C)C(=O)COC(=O)c2ccc3c(c2)OCO3)cc1. The van der Waals surface area contributed by atoms with Crippen LogP contribution in [0, 0.1) is 6.92 Å². The predicted octanol–water partition coefficient (Wildman–Crippen LogP) is 1.98. The van der Waals surface area contributed by atoms with Crippen molar-refractivity contribution >= 4 is 23.5 Å². The summed E-state index contributed by atoms with van der Waals surface area (Å²) in [6, 6.07) is 11.9. The molecule has 2 amide bonds. The summed E-state index contributed by atoms with van der Waals surface area (Å²) in [5.74, 6) is -0.503. The van der Waals surface area contributed by atoms with Gasteiger partial charge in [-0.25, -0.2) is 4.79 Å². The number of nitrogens with zero attached hydrogens (tertiary/aromatic N) is 1. The van der Waals surface area contributed by atoms with Crippen molar-refractivity contribution in [3.8, 4) is 11.5 Å². The van der Waals surface area contributed by atoms with Gasteiger partial charge < -0.3 is 24.4 Å². The topological polar surface area (TPSA) is 94.2 Å². The van der Waals surface area contributed by atoms with Crippen molar-refractivity contribution in [3.63, 3.8) is 0 Å². The Bertz CT molecular complexity index is 894. The van der Waals surface area contributed by atoms with Crippen molar-refractivity contribution in [2.24, 2.45) is 0 Å². The number of nitrogens with one attached hydrogen (secondary N) is 1. The molecule has 0 aliphatic carbocycles. The number of fused-ring (bicyclic) bond motifs is 1. The van der Waals surface area contributed by atoms with Crippen LogP contribution in [-0.2, 0) is 14.3 Å². The standard InChI is InChI=1S/C20H20N2O6/c1-13-3-6-15(7-4-13)21-18(23)10-22(2)19(24)11-26-20(25)14-5-8-16-17(9-14)28-12-27-16/h3-9H,10-12H2,1-2H3,(H,21,23). The van der Waals surface area contributed by atoms with Gasteiger partial charge in [-0.15, -0.1) is 0 Å². The van der Waals surface area contributed by atoms with Gasteiger partial charge in [0.2, 0.25) is 12.7 Å². The second-order valence-electron chi connectivity index (χ2n) is 6.31. The molecule has 0 saturated carbocycles. The Morgan fingerprint density at radius 1 is 1.07 bits per heavy atom. The van der Waals surface area contributed by atoms with E-state index >= 15 is 0 Å². The van der Waals surface area contributed by atoms with Crippen LogP contribution in [0.5, 0.6) is 11.5 Å². The van der Waals surface area contributed by atoms with Crippen molar-refractivity contribution < 1.29 is 28.6 Å². The summed E-state index contributed by atoms with van der Waals surface area (Å²) in [4.78, 5) is 37.4. The minimum atomic E-state index is -0.663. The lowest BCUT2D eigenvalue weighted by atomic mass is 10.2. The monoisotopic (exact) mass is 384 g/mol. The number of rotatable bonds is 6. The van der Waals surface area contributed by atoms with Crippen molar-refractivity contribution in [3.05, 3.63) is 53.6 Å². The second kappa shape index (κ2) is 8.43. The average Bonchev–Trinajstić information content (AvgIpc) is 3.15. The van der Waals surface area contributed by atoms with Gasteiger partial charge in [0.1, 0.15) is 0 Å². The third kappa shape index (κ3) is 4.79. The number of esters is 1. The molecule has 0 radical (unpaired) electrons. The molecule has 28 heavy (non-hydrogen) atoms. The van der Waals surface area contributed by atoms with Crippen LogP contribution in [0.25, 0.3) is 0 Å². The molecule has 2 aromatic rings. The van der Waals surface area contributed by atoms with Crippen LogP contribution in [0.15, 0.2) is 42.5 Å². The Morgan fingerprint density at radius 3 is 2.54 bits per heavy atom. The molecular formula is C20H20N2O6. The summed E-state index contributed by atoms with van der Waals surface area (Å²) in [6.45, 7) is 1.42. The van der Waals surface area contributed by atoms with E-state index in [-0.39, 0.29) is 24.8 Å². The molecule has 0 saturated heterocycles. The average molecular weight is 384 g/mol. The van der Waals surface area contributed by atoms with Gasteiger partial charge in [0, 0.05) is 12.7 Å². The Kier molecular flexibility index (Phi) is 5.78. The fourth-order valence-corrected chi connectivity index (χ4v) is 2.49. The first-order chi connectivity index (χ1) is 13.4. The quantitative estimate of drug-likeness (QED) is 0.766. The van der Waals surface area contributed by atoms with Gasteiger partial charge in [-0.3, -0.25) is 9.59 Å². The van der Waals surface area contributed by atoms with Crippen molar-refractivity contribution in [1.29, 1.82) is 0 Å². The summed E-state index contributed by atoms with van der Waals surface area (Å²) in [7, 11) is 1.46. The van der Waals surface area contributed by atoms with Crippen LogP contribution in [0.3, 0.4) is 0 Å². The maximum atomic E-state index is 12.1. The van der Waals surface area contributed by atoms with Crippen LogP contribution < -0.4 is 14.8 Å². The fraction of sp³-hybridized carbons (Fsp3) is 0.250. The van der Waals surface area contributed by atoms with Gasteiger partial charge >= 0.3 is 5.97 Å². The van der Waals surface area contributed by atoms with Crippen molar-refractivity contribution in [1.82, 2.24) is 4.90 Å². The molecule has 1 heterocycles. The summed E-state index contributed by atoms with van der Waals surface area (Å²) in [6.07, 6.45) is 0. The molecule has 1 N–H and O–H groups in total. The molecule has 0 spiro atoms. The molecule has 0 bridgehead atoms. The van der Waals surface area contributed by atoms with E-state index in [0.717, 1.165) is 5.56 Å². The first-order valence-corrected chi connectivity index (χ1v) is 8.59. The lowest BCUT2D eigenvalue weighted by Gasteiger charge is -2.17. The Morgan fingerprint density at radius 2 is 1.79 bits per heavy atom. The predicted molar refractivity (Wildman–Crippen MR) is 100 cm³/mol. The van der Waals surface area contributed by atoms with E-state index in [1.54, 1.807) is 18.2 Å². The zero-order valence-corrected chi connectivity index (χ0v) is 15.6. The molecule has 0 aromatic heterocycles. The number of ether oxygens (including phenoxy) is 3. The highest BCUT2D eigenvalue weighted by Crippen LogP contribution is 2.32. The number of carbonyl (C=O) groups excluding carboxylic acids is 3. The highest BCUT2D eigenvalue weighted by Gasteiger charge is 2.19. The van der Waals surface area contributed by atoms with E-state index in [2.05, 4.69) is 5.32 Å². The summed E-state index contributed by atoms with van der Waals surface area (Å²) < 4.78 is 15.4. The van der Waals surface area contributed by atoms with E-state index < -0.39 is 18.5 Å². The number of hydrogen-bond acceptors (Lipinski definition) is 6. The number of benzene rings is 2. The van der Waals surface area contributed by atoms with E-state index in [1.807, 2.05) is 19.1 Å². The van der Waals surface area contributed by atoms with Gasteiger partial charge in [0.15, 0.2) is 18.1 Å². The molecule has 0 fully saturated rings. The minimum absolute atomic E-state index is 0.0990. The molecule has 2 aromatic carbocycles. The van der Waals surface area contributed by atoms with E-state index in [1.165, 1.54) is 24.1 Å². The third-order valence-electron chi connectivity index (χ3n) is 4.08. The first-order valence-electron chi connectivity index (χ1n) is 8.59. The maximum absolute atomic E-state index is 12.1. The normalized spacial score (nSPS) is 11.6. The zero-order chi connectivity index (χ0) is 20.1. The number of hydrogen-bond donors (Lipinski definition) is 1. The van der Waals surface area contributed by atoms with E-state index in [4.69, 9.17) is 14.2 Å². The summed E-state index contributed by atoms with van der Waals surface area (Å²) >= 11 is 0. The molecule has 8 nitrogen and oxygen atoms in total. The number of aryl methyl sites for hydroxylation is 1. The maximum Gasteiger partial charge on any atom is 0.338 e. The van der Waals surface area contributed by atoms with Crippen molar-refractivity contribution in [2.75, 3.05) is 32.3 Å². The van der Waals surface area contributed by atoms with Crippen molar-refractivity contribution in [2.45, 2.75) is 6.92 Å². The van der Waals surface area contributed by atoms with Crippen LogP contribution in [0.1, 0.15) is 15.9 Å². The molecule has 0 unspecified atom stereocenters. The Balaban J connectivity index is 1.46. The summed E-state index contributed by atoms with van der Waals surface area (Å²) in [5.41, 5.74) is 1.97. The van der Waals surface area contributed by atoms with Crippen LogP contribution in [0.2, 0.25) is 0 Å². The van der Waals surface area contributed by atoms with Gasteiger partial charge in [-0.05, 0) is 37.3 Å². The minimum Gasteiger partial charge on any atom is -0.454 e. The van der Waals surface area contributed by atoms with E-state index in [9.17, 15) is 14.4 Å². The molecule has 3 rings (SSSR count). The van der Waals surface area contributed by atoms with Gasteiger partial charge in [-0.2, -0.15) is 0 Å². The number of likely N-dealkylation sites (N-methyl/N-ethyl adjacent to an activating group) is 1. The fourth-order valence-electron chi connectivity index (χ4n) is 2.49.